The topological polar surface area (TPSA) is 12.0 Å². The van der Waals surface area contributed by atoms with Crippen molar-refractivity contribution in [2.75, 3.05) is 6.54 Å². The third-order valence-electron chi connectivity index (χ3n) is 3.35. The summed E-state index contributed by atoms with van der Waals surface area (Å²) >= 11 is 0. The lowest BCUT2D eigenvalue weighted by atomic mass is 9.83. The van der Waals surface area contributed by atoms with Gasteiger partial charge in [0, 0.05) is 6.04 Å². The lowest BCUT2D eigenvalue weighted by molar-refractivity contribution is -0.127. The monoisotopic (exact) mass is 241 g/mol. The van der Waals surface area contributed by atoms with Crippen molar-refractivity contribution >= 4 is 0 Å². The van der Waals surface area contributed by atoms with E-state index in [-0.39, 0.29) is 6.04 Å². The molecule has 0 aromatic heterocycles. The fraction of sp³-hybridized carbons (Fsp3) is 1.00. The normalized spacial score (nSPS) is 27.4. The highest BCUT2D eigenvalue weighted by Crippen LogP contribution is 2.28. The van der Waals surface area contributed by atoms with E-state index in [2.05, 4.69) is 5.32 Å². The molecule has 1 N–H and O–H groups in total. The minimum Gasteiger partial charge on any atom is -0.308 e. The summed E-state index contributed by atoms with van der Waals surface area (Å²) in [5.41, 5.74) is 0. The zero-order chi connectivity index (χ0) is 12.2. The molecular formula is C11H19F4N. The number of nitrogens with one attached hydrogen (secondary N) is 1. The summed E-state index contributed by atoms with van der Waals surface area (Å²) in [5, 5.41) is 2.61. The second-order valence-corrected chi connectivity index (χ2v) is 4.50. The van der Waals surface area contributed by atoms with Crippen molar-refractivity contribution in [2.45, 2.75) is 57.4 Å². The van der Waals surface area contributed by atoms with Crippen LogP contribution in [0.2, 0.25) is 0 Å². The van der Waals surface area contributed by atoms with Gasteiger partial charge in [-0.25, -0.2) is 8.78 Å². The SMILES string of the molecule is CCC1CCCCC1NCC(F)(F)C(F)F. The average molecular weight is 241 g/mol. The second-order valence-electron chi connectivity index (χ2n) is 4.50. The van der Waals surface area contributed by atoms with Gasteiger partial charge in [-0.3, -0.25) is 0 Å². The van der Waals surface area contributed by atoms with Gasteiger partial charge in [0.15, 0.2) is 0 Å². The number of hydrogen-bond acceptors (Lipinski definition) is 1. The summed E-state index contributed by atoms with van der Waals surface area (Å²) in [6, 6.07) is -0.0247. The van der Waals surface area contributed by atoms with Crippen LogP contribution in [0, 0.1) is 5.92 Å². The third kappa shape index (κ3) is 3.61. The second kappa shape index (κ2) is 5.84. The summed E-state index contributed by atoms with van der Waals surface area (Å²) in [6.07, 6.45) is 1.27. The molecular weight excluding hydrogens is 222 g/mol. The molecule has 0 bridgehead atoms. The Labute approximate surface area is 93.6 Å². The van der Waals surface area contributed by atoms with E-state index in [0.717, 1.165) is 32.1 Å². The minimum atomic E-state index is -3.91. The summed E-state index contributed by atoms with van der Waals surface area (Å²) in [6.45, 7) is 1.10. The van der Waals surface area contributed by atoms with Gasteiger partial charge in [-0.2, -0.15) is 8.78 Å². The smallest absolute Gasteiger partial charge is 0.308 e. The molecule has 1 nitrogen and oxygen atoms in total. The molecule has 5 heteroatoms. The van der Waals surface area contributed by atoms with Crippen molar-refractivity contribution in [3.63, 3.8) is 0 Å². The predicted molar refractivity (Wildman–Crippen MR) is 55.0 cm³/mol. The Bertz CT molecular complexity index is 208. The maximum atomic E-state index is 12.7. The Balaban J connectivity index is 2.40. The Kier molecular flexibility index (Phi) is 5.02. The van der Waals surface area contributed by atoms with Crippen LogP contribution in [0.3, 0.4) is 0 Å². The first-order chi connectivity index (χ1) is 7.47. The molecule has 0 heterocycles. The van der Waals surface area contributed by atoms with Crippen LogP contribution in [0.4, 0.5) is 17.6 Å². The molecule has 1 saturated carbocycles. The summed E-state index contributed by atoms with van der Waals surface area (Å²) in [7, 11) is 0. The van der Waals surface area contributed by atoms with Crippen molar-refractivity contribution in [3.05, 3.63) is 0 Å². The Morgan fingerprint density at radius 2 is 1.88 bits per heavy atom. The van der Waals surface area contributed by atoms with Crippen molar-refractivity contribution in [1.29, 1.82) is 0 Å². The predicted octanol–water partition coefficient (Wildman–Crippen LogP) is 3.45. The Hall–Kier alpha value is -0.320. The van der Waals surface area contributed by atoms with Crippen LogP contribution in [0.5, 0.6) is 0 Å². The van der Waals surface area contributed by atoms with E-state index in [1.807, 2.05) is 6.92 Å². The molecule has 1 aliphatic rings. The van der Waals surface area contributed by atoms with E-state index >= 15 is 0 Å². The van der Waals surface area contributed by atoms with E-state index in [9.17, 15) is 17.6 Å². The maximum absolute atomic E-state index is 12.7. The van der Waals surface area contributed by atoms with Crippen molar-refractivity contribution in [1.82, 2.24) is 5.32 Å². The van der Waals surface area contributed by atoms with Crippen molar-refractivity contribution in [2.24, 2.45) is 5.92 Å². The van der Waals surface area contributed by atoms with Crippen LogP contribution in [0.15, 0.2) is 0 Å². The van der Waals surface area contributed by atoms with Crippen LogP contribution < -0.4 is 5.32 Å². The van der Waals surface area contributed by atoms with Gasteiger partial charge in [-0.1, -0.05) is 26.2 Å². The molecule has 0 radical (unpaired) electrons. The van der Waals surface area contributed by atoms with E-state index in [1.165, 1.54) is 0 Å². The first-order valence-electron chi connectivity index (χ1n) is 5.86. The molecule has 0 aliphatic heterocycles. The van der Waals surface area contributed by atoms with Crippen LogP contribution in [-0.2, 0) is 0 Å². The van der Waals surface area contributed by atoms with Gasteiger partial charge in [0.25, 0.3) is 0 Å². The molecule has 16 heavy (non-hydrogen) atoms. The molecule has 0 aromatic rings. The molecule has 1 rings (SSSR count). The van der Waals surface area contributed by atoms with Gasteiger partial charge in [0.05, 0.1) is 6.54 Å². The molecule has 1 aliphatic carbocycles. The van der Waals surface area contributed by atoms with Gasteiger partial charge < -0.3 is 5.32 Å². The Morgan fingerprint density at radius 1 is 1.25 bits per heavy atom. The van der Waals surface area contributed by atoms with E-state index in [4.69, 9.17) is 0 Å². The molecule has 1 fully saturated rings. The quantitative estimate of drug-likeness (QED) is 0.727. The number of alkyl halides is 4. The van der Waals surface area contributed by atoms with Gasteiger partial charge in [-0.05, 0) is 18.8 Å². The largest absolute Gasteiger partial charge is 0.319 e. The zero-order valence-electron chi connectivity index (χ0n) is 9.49. The molecule has 0 spiro atoms. The first-order valence-corrected chi connectivity index (χ1v) is 5.86. The zero-order valence-corrected chi connectivity index (χ0v) is 9.49. The standard InChI is InChI=1S/C11H19F4N/c1-2-8-5-3-4-6-9(8)16-7-11(14,15)10(12)13/h8-10,16H,2-7H2,1H3. The molecule has 2 unspecified atom stereocenters. The van der Waals surface area contributed by atoms with Gasteiger partial charge >= 0.3 is 12.3 Å². The van der Waals surface area contributed by atoms with Gasteiger partial charge in [0.1, 0.15) is 0 Å². The average Bonchev–Trinajstić information content (AvgIpc) is 2.26. The summed E-state index contributed by atoms with van der Waals surface area (Å²) < 4.78 is 49.4. The molecule has 2 atom stereocenters. The lowest BCUT2D eigenvalue weighted by Gasteiger charge is -2.32. The molecule has 96 valence electrons. The fourth-order valence-corrected chi connectivity index (χ4v) is 2.31. The lowest BCUT2D eigenvalue weighted by Crippen LogP contribution is -2.46. The first kappa shape index (κ1) is 13.7. The van der Waals surface area contributed by atoms with Gasteiger partial charge in [0.2, 0.25) is 0 Å². The number of halogens is 4. The highest BCUT2D eigenvalue weighted by Gasteiger charge is 2.41. The minimum absolute atomic E-state index is 0.0247. The Morgan fingerprint density at radius 3 is 2.44 bits per heavy atom. The maximum Gasteiger partial charge on any atom is 0.319 e. The summed E-state index contributed by atoms with van der Waals surface area (Å²) in [5.74, 6) is -3.56. The van der Waals surface area contributed by atoms with E-state index in [1.54, 1.807) is 0 Å². The third-order valence-corrected chi connectivity index (χ3v) is 3.35. The number of rotatable bonds is 5. The van der Waals surface area contributed by atoms with Crippen LogP contribution >= 0.6 is 0 Å². The molecule has 0 aromatic carbocycles. The van der Waals surface area contributed by atoms with Crippen LogP contribution in [0.25, 0.3) is 0 Å². The van der Waals surface area contributed by atoms with Crippen LogP contribution in [-0.4, -0.2) is 24.9 Å². The highest BCUT2D eigenvalue weighted by atomic mass is 19.3. The highest BCUT2D eigenvalue weighted by molar-refractivity contribution is 4.83. The van der Waals surface area contributed by atoms with Crippen molar-refractivity contribution in [3.8, 4) is 0 Å². The van der Waals surface area contributed by atoms with Gasteiger partial charge in [-0.15, -0.1) is 0 Å². The van der Waals surface area contributed by atoms with Crippen molar-refractivity contribution < 1.29 is 17.6 Å². The van der Waals surface area contributed by atoms with E-state index < -0.39 is 18.9 Å². The fourth-order valence-electron chi connectivity index (χ4n) is 2.31. The molecule has 0 amide bonds. The van der Waals surface area contributed by atoms with Crippen LogP contribution in [0.1, 0.15) is 39.0 Å². The molecule has 0 saturated heterocycles. The number of hydrogen-bond donors (Lipinski definition) is 1. The van der Waals surface area contributed by atoms with E-state index in [0.29, 0.717) is 5.92 Å². The summed E-state index contributed by atoms with van der Waals surface area (Å²) in [4.78, 5) is 0.